The van der Waals surface area contributed by atoms with Gasteiger partial charge in [0.2, 0.25) is 5.91 Å². The Morgan fingerprint density at radius 1 is 1.17 bits per heavy atom. The first-order chi connectivity index (χ1) is 11.1. The zero-order valence-corrected chi connectivity index (χ0v) is 14.7. The lowest BCUT2D eigenvalue weighted by Gasteiger charge is -2.15. The second-order valence-electron chi connectivity index (χ2n) is 5.48. The summed E-state index contributed by atoms with van der Waals surface area (Å²) in [5.41, 5.74) is 3.63. The Morgan fingerprint density at radius 2 is 1.87 bits per heavy atom. The minimum absolute atomic E-state index is 0.00697. The fraction of sp³-hybridized carbons (Fsp3) is 0.316. The van der Waals surface area contributed by atoms with Gasteiger partial charge in [-0.2, -0.15) is 0 Å². The molecule has 0 aliphatic heterocycles. The molecule has 2 aromatic rings. The molecule has 0 saturated heterocycles. The lowest BCUT2D eigenvalue weighted by atomic mass is 10.1. The summed E-state index contributed by atoms with van der Waals surface area (Å²) >= 11 is 1.64. The van der Waals surface area contributed by atoms with Gasteiger partial charge in [0.15, 0.2) is 0 Å². The molecule has 23 heavy (non-hydrogen) atoms. The van der Waals surface area contributed by atoms with E-state index >= 15 is 0 Å². The molecule has 0 aliphatic carbocycles. The van der Waals surface area contributed by atoms with Crippen molar-refractivity contribution in [1.29, 1.82) is 0 Å². The van der Waals surface area contributed by atoms with Crippen molar-refractivity contribution < 1.29 is 9.53 Å². The summed E-state index contributed by atoms with van der Waals surface area (Å²) in [6.45, 7) is 4.09. The Hall–Kier alpha value is -1.94. The highest BCUT2D eigenvalue weighted by Gasteiger charge is 2.10. The van der Waals surface area contributed by atoms with Gasteiger partial charge in [-0.05, 0) is 42.7 Å². The summed E-state index contributed by atoms with van der Waals surface area (Å²) in [5, 5.41) is 3.03. The van der Waals surface area contributed by atoms with Crippen molar-refractivity contribution in [3.05, 3.63) is 65.2 Å². The molecule has 0 heterocycles. The zero-order valence-electron chi connectivity index (χ0n) is 13.8. The van der Waals surface area contributed by atoms with Gasteiger partial charge in [-0.1, -0.05) is 36.4 Å². The number of carbonyl (C=O) groups is 1. The van der Waals surface area contributed by atoms with E-state index in [1.807, 2.05) is 43.3 Å². The number of nitrogens with one attached hydrogen (secondary N) is 1. The van der Waals surface area contributed by atoms with E-state index in [0.717, 1.165) is 17.1 Å². The van der Waals surface area contributed by atoms with Crippen LogP contribution >= 0.6 is 11.8 Å². The third kappa shape index (κ3) is 5.32. The van der Waals surface area contributed by atoms with Crippen LogP contribution in [0.3, 0.4) is 0 Å². The minimum atomic E-state index is -0.00697. The Balaban J connectivity index is 1.78. The highest BCUT2D eigenvalue weighted by atomic mass is 32.2. The van der Waals surface area contributed by atoms with E-state index in [4.69, 9.17) is 4.74 Å². The summed E-state index contributed by atoms with van der Waals surface area (Å²) in [4.78, 5) is 12.1. The van der Waals surface area contributed by atoms with Crippen LogP contribution in [0.4, 0.5) is 0 Å². The Morgan fingerprint density at radius 3 is 2.52 bits per heavy atom. The van der Waals surface area contributed by atoms with Crippen LogP contribution in [0.5, 0.6) is 5.75 Å². The summed E-state index contributed by atoms with van der Waals surface area (Å²) in [6, 6.07) is 16.0. The first kappa shape index (κ1) is 17.4. The third-order valence-corrected chi connectivity index (χ3v) is 4.73. The Labute approximate surface area is 142 Å². The van der Waals surface area contributed by atoms with Crippen LogP contribution in [-0.4, -0.2) is 18.8 Å². The number of benzene rings is 2. The Kier molecular flexibility index (Phi) is 6.53. The monoisotopic (exact) mass is 329 g/mol. The highest BCUT2D eigenvalue weighted by molar-refractivity contribution is 7.99. The fourth-order valence-corrected chi connectivity index (χ4v) is 3.20. The minimum Gasteiger partial charge on any atom is -0.497 e. The van der Waals surface area contributed by atoms with E-state index in [0.29, 0.717) is 5.75 Å². The molecule has 2 aromatic carbocycles. The van der Waals surface area contributed by atoms with Crippen LogP contribution in [-0.2, 0) is 10.5 Å². The third-order valence-electron chi connectivity index (χ3n) is 3.75. The van der Waals surface area contributed by atoms with Gasteiger partial charge in [0, 0.05) is 5.75 Å². The normalized spacial score (nSPS) is 11.8. The number of ether oxygens (including phenoxy) is 1. The van der Waals surface area contributed by atoms with Crippen LogP contribution < -0.4 is 10.1 Å². The quantitative estimate of drug-likeness (QED) is 0.830. The van der Waals surface area contributed by atoms with Crippen LogP contribution in [0.2, 0.25) is 0 Å². The molecular weight excluding hydrogens is 306 g/mol. The SMILES string of the molecule is COc1ccc(C(C)NC(=O)CSCc2ccccc2C)cc1. The maximum absolute atomic E-state index is 12.1. The number of hydrogen-bond donors (Lipinski definition) is 1. The van der Waals surface area contributed by atoms with Gasteiger partial charge in [0.1, 0.15) is 5.75 Å². The van der Waals surface area contributed by atoms with Gasteiger partial charge in [-0.25, -0.2) is 0 Å². The first-order valence-corrected chi connectivity index (χ1v) is 8.81. The molecule has 2 rings (SSSR count). The largest absolute Gasteiger partial charge is 0.497 e. The van der Waals surface area contributed by atoms with Crippen molar-refractivity contribution in [1.82, 2.24) is 5.32 Å². The average Bonchev–Trinajstić information content (AvgIpc) is 2.56. The predicted molar refractivity (Wildman–Crippen MR) is 96.9 cm³/mol. The van der Waals surface area contributed by atoms with Gasteiger partial charge < -0.3 is 10.1 Å². The van der Waals surface area contributed by atoms with Gasteiger partial charge in [-0.15, -0.1) is 11.8 Å². The zero-order chi connectivity index (χ0) is 16.7. The van der Waals surface area contributed by atoms with Crippen LogP contribution in [0, 0.1) is 6.92 Å². The number of rotatable bonds is 7. The molecule has 0 saturated carbocycles. The van der Waals surface area contributed by atoms with E-state index in [9.17, 15) is 4.79 Å². The van der Waals surface area contributed by atoms with Crippen molar-refractivity contribution in [2.75, 3.05) is 12.9 Å². The molecule has 0 bridgehead atoms. The van der Waals surface area contributed by atoms with E-state index in [1.54, 1.807) is 18.9 Å². The number of hydrogen-bond acceptors (Lipinski definition) is 3. The van der Waals surface area contributed by atoms with Crippen molar-refractivity contribution in [2.45, 2.75) is 25.6 Å². The molecule has 1 amide bonds. The number of thioether (sulfide) groups is 1. The summed E-state index contributed by atoms with van der Waals surface area (Å²) in [5.74, 6) is 2.21. The van der Waals surface area contributed by atoms with Gasteiger partial charge >= 0.3 is 0 Å². The smallest absolute Gasteiger partial charge is 0.230 e. The summed E-state index contributed by atoms with van der Waals surface area (Å²) < 4.78 is 5.14. The maximum Gasteiger partial charge on any atom is 0.230 e. The lowest BCUT2D eigenvalue weighted by molar-refractivity contribution is -0.119. The molecule has 1 atom stereocenters. The lowest BCUT2D eigenvalue weighted by Crippen LogP contribution is -2.28. The highest BCUT2D eigenvalue weighted by Crippen LogP contribution is 2.18. The molecular formula is C19H23NO2S. The fourth-order valence-electron chi connectivity index (χ4n) is 2.28. The van der Waals surface area contributed by atoms with Crippen molar-refractivity contribution in [3.63, 3.8) is 0 Å². The molecule has 0 radical (unpaired) electrons. The molecule has 122 valence electrons. The average molecular weight is 329 g/mol. The van der Waals surface area contributed by atoms with E-state index in [-0.39, 0.29) is 11.9 Å². The molecule has 0 aliphatic rings. The van der Waals surface area contributed by atoms with Crippen LogP contribution in [0.1, 0.15) is 29.7 Å². The Bertz CT molecular complexity index is 640. The molecule has 0 aromatic heterocycles. The van der Waals surface area contributed by atoms with Crippen LogP contribution in [0.25, 0.3) is 0 Å². The number of aryl methyl sites for hydroxylation is 1. The standard InChI is InChI=1S/C19H23NO2S/c1-14-6-4-5-7-17(14)12-23-13-19(21)20-15(2)16-8-10-18(22-3)11-9-16/h4-11,15H,12-13H2,1-3H3,(H,20,21). The molecule has 1 N–H and O–H groups in total. The molecule has 4 heteroatoms. The van der Waals surface area contributed by atoms with Crippen molar-refractivity contribution in [3.8, 4) is 5.75 Å². The number of carbonyl (C=O) groups excluding carboxylic acids is 1. The molecule has 3 nitrogen and oxygen atoms in total. The van der Waals surface area contributed by atoms with Gasteiger partial charge in [-0.3, -0.25) is 4.79 Å². The van der Waals surface area contributed by atoms with Gasteiger partial charge in [0.25, 0.3) is 0 Å². The van der Waals surface area contributed by atoms with Crippen LogP contribution in [0.15, 0.2) is 48.5 Å². The predicted octanol–water partition coefficient (Wildman–Crippen LogP) is 4.11. The second-order valence-corrected chi connectivity index (χ2v) is 6.47. The van der Waals surface area contributed by atoms with E-state index < -0.39 is 0 Å². The summed E-state index contributed by atoms with van der Waals surface area (Å²) in [6.07, 6.45) is 0. The van der Waals surface area contributed by atoms with E-state index in [2.05, 4.69) is 24.4 Å². The second kappa shape index (κ2) is 8.63. The van der Waals surface area contributed by atoms with Gasteiger partial charge in [0.05, 0.1) is 18.9 Å². The maximum atomic E-state index is 12.1. The number of amides is 1. The van der Waals surface area contributed by atoms with E-state index in [1.165, 1.54) is 11.1 Å². The summed E-state index contributed by atoms with van der Waals surface area (Å²) in [7, 11) is 1.64. The van der Waals surface area contributed by atoms with Crippen molar-refractivity contribution >= 4 is 17.7 Å². The molecule has 0 spiro atoms. The number of methoxy groups -OCH3 is 1. The van der Waals surface area contributed by atoms with Crippen molar-refractivity contribution in [2.24, 2.45) is 0 Å². The molecule has 1 unspecified atom stereocenters. The first-order valence-electron chi connectivity index (χ1n) is 7.65. The molecule has 0 fully saturated rings. The topological polar surface area (TPSA) is 38.3 Å².